The monoisotopic (exact) mass is 244 g/mol. The van der Waals surface area contributed by atoms with Crippen LogP contribution in [0.2, 0.25) is 0 Å². The molecule has 1 aromatic rings. The van der Waals surface area contributed by atoms with Gasteiger partial charge in [-0.25, -0.2) is 0 Å². The van der Waals surface area contributed by atoms with E-state index in [0.29, 0.717) is 5.56 Å². The van der Waals surface area contributed by atoms with Crippen molar-refractivity contribution in [3.8, 4) is 6.07 Å². The molecule has 0 saturated heterocycles. The first kappa shape index (κ1) is 12.6. The molecule has 0 heterocycles. The van der Waals surface area contributed by atoms with Gasteiger partial charge >= 0.3 is 0 Å². The Balaban J connectivity index is 2.04. The van der Waals surface area contributed by atoms with Crippen LogP contribution in [0.5, 0.6) is 0 Å². The van der Waals surface area contributed by atoms with E-state index in [-0.39, 0.29) is 17.9 Å². The van der Waals surface area contributed by atoms with E-state index >= 15 is 0 Å². The third kappa shape index (κ3) is 2.52. The zero-order valence-corrected chi connectivity index (χ0v) is 10.3. The molecule has 0 spiro atoms. The number of aliphatic hydroxyl groups is 1. The summed E-state index contributed by atoms with van der Waals surface area (Å²) in [6, 6.07) is 9.46. The molecule has 1 aliphatic carbocycles. The number of carbonyl (C=O) groups is 1. The van der Waals surface area contributed by atoms with Crippen molar-refractivity contribution >= 4 is 5.91 Å². The Hall–Kier alpha value is -1.86. The first-order valence-corrected chi connectivity index (χ1v) is 6.05. The number of rotatable bonds is 4. The first-order valence-electron chi connectivity index (χ1n) is 6.05. The molecule has 1 saturated carbocycles. The first-order chi connectivity index (χ1) is 8.57. The van der Waals surface area contributed by atoms with Crippen molar-refractivity contribution in [1.82, 2.24) is 5.32 Å². The maximum absolute atomic E-state index is 11.7. The largest absolute Gasteiger partial charge is 0.392 e. The number of nitrogens with one attached hydrogen (secondary N) is 1. The Kier molecular flexibility index (Phi) is 3.35. The molecule has 1 fully saturated rings. The summed E-state index contributed by atoms with van der Waals surface area (Å²) in [6.45, 7) is 1.86. The Morgan fingerprint density at radius 2 is 2.11 bits per heavy atom. The van der Waals surface area contributed by atoms with Crippen LogP contribution in [0, 0.1) is 11.3 Å². The Bertz CT molecular complexity index is 482. The van der Waals surface area contributed by atoms with Gasteiger partial charge in [-0.05, 0) is 37.5 Å². The van der Waals surface area contributed by atoms with Crippen LogP contribution in [0.4, 0.5) is 0 Å². The average molecular weight is 244 g/mol. The van der Waals surface area contributed by atoms with Crippen LogP contribution in [-0.2, 0) is 5.41 Å². The molecule has 1 atom stereocenters. The van der Waals surface area contributed by atoms with Crippen molar-refractivity contribution in [2.24, 2.45) is 0 Å². The molecule has 0 bridgehead atoms. The normalized spacial score (nSPS) is 17.6. The van der Waals surface area contributed by atoms with Crippen LogP contribution in [-0.4, -0.2) is 23.7 Å². The lowest BCUT2D eigenvalue weighted by atomic mass is 9.96. The molecule has 4 heteroatoms. The number of hydrogen-bond acceptors (Lipinski definition) is 3. The summed E-state index contributed by atoms with van der Waals surface area (Å²) < 4.78 is 0. The number of hydrogen-bond donors (Lipinski definition) is 2. The van der Waals surface area contributed by atoms with Crippen LogP contribution in [0.1, 0.15) is 35.7 Å². The van der Waals surface area contributed by atoms with E-state index in [9.17, 15) is 4.79 Å². The molecule has 0 radical (unpaired) electrons. The molecule has 0 aromatic heterocycles. The standard InChI is InChI=1S/C14H16N2O2/c1-10(17)8-16-13(18)11-2-4-12(5-3-11)14(9-15)6-7-14/h2-5,10,17H,6-8H2,1H3,(H,16,18). The van der Waals surface area contributed by atoms with Crippen molar-refractivity contribution in [3.63, 3.8) is 0 Å². The lowest BCUT2D eigenvalue weighted by Gasteiger charge is -2.09. The minimum atomic E-state index is -0.554. The smallest absolute Gasteiger partial charge is 0.251 e. The van der Waals surface area contributed by atoms with Gasteiger partial charge in [0.1, 0.15) is 0 Å². The summed E-state index contributed by atoms with van der Waals surface area (Å²) in [7, 11) is 0. The van der Waals surface area contributed by atoms with Crippen LogP contribution < -0.4 is 5.32 Å². The highest BCUT2D eigenvalue weighted by Crippen LogP contribution is 2.47. The molecular formula is C14H16N2O2. The third-order valence-corrected chi connectivity index (χ3v) is 3.22. The van der Waals surface area contributed by atoms with E-state index in [1.165, 1.54) is 0 Å². The summed E-state index contributed by atoms with van der Waals surface area (Å²) in [6.07, 6.45) is 1.25. The van der Waals surface area contributed by atoms with Crippen molar-refractivity contribution in [2.45, 2.75) is 31.3 Å². The lowest BCUT2D eigenvalue weighted by molar-refractivity contribution is 0.0924. The Morgan fingerprint density at radius 1 is 1.50 bits per heavy atom. The van der Waals surface area contributed by atoms with Gasteiger partial charge in [0, 0.05) is 12.1 Å². The predicted octanol–water partition coefficient (Wildman–Crippen LogP) is 1.35. The van der Waals surface area contributed by atoms with E-state index in [0.717, 1.165) is 18.4 Å². The number of benzene rings is 1. The summed E-state index contributed by atoms with van der Waals surface area (Å²) in [5.41, 5.74) is 1.22. The molecule has 0 aliphatic heterocycles. The molecule has 18 heavy (non-hydrogen) atoms. The fraction of sp³-hybridized carbons (Fsp3) is 0.429. The number of aliphatic hydroxyl groups excluding tert-OH is 1. The molecule has 1 aliphatic rings. The predicted molar refractivity (Wildman–Crippen MR) is 67.0 cm³/mol. The second-order valence-electron chi connectivity index (χ2n) is 4.83. The number of nitriles is 1. The lowest BCUT2D eigenvalue weighted by Crippen LogP contribution is -2.30. The van der Waals surface area contributed by atoms with Crippen molar-refractivity contribution < 1.29 is 9.90 Å². The van der Waals surface area contributed by atoms with Crippen molar-refractivity contribution in [3.05, 3.63) is 35.4 Å². The van der Waals surface area contributed by atoms with E-state index in [4.69, 9.17) is 10.4 Å². The average Bonchev–Trinajstić information content (AvgIpc) is 3.17. The van der Waals surface area contributed by atoms with Gasteiger partial charge in [0.25, 0.3) is 5.91 Å². The molecule has 4 nitrogen and oxygen atoms in total. The van der Waals surface area contributed by atoms with Gasteiger partial charge < -0.3 is 10.4 Å². The molecule has 1 aromatic carbocycles. The van der Waals surface area contributed by atoms with E-state index in [2.05, 4.69) is 11.4 Å². The fourth-order valence-electron chi connectivity index (χ4n) is 1.87. The van der Waals surface area contributed by atoms with Gasteiger partial charge in [0.2, 0.25) is 0 Å². The summed E-state index contributed by atoms with van der Waals surface area (Å²) >= 11 is 0. The topological polar surface area (TPSA) is 73.1 Å². The van der Waals surface area contributed by atoms with Crippen molar-refractivity contribution in [1.29, 1.82) is 5.26 Å². The maximum Gasteiger partial charge on any atom is 0.251 e. The second-order valence-corrected chi connectivity index (χ2v) is 4.83. The highest BCUT2D eigenvalue weighted by Gasteiger charge is 2.44. The minimum Gasteiger partial charge on any atom is -0.392 e. The Morgan fingerprint density at radius 3 is 2.56 bits per heavy atom. The van der Waals surface area contributed by atoms with Crippen LogP contribution in [0.3, 0.4) is 0 Å². The van der Waals surface area contributed by atoms with Gasteiger partial charge in [-0.2, -0.15) is 5.26 Å². The molecule has 94 valence electrons. The minimum absolute atomic E-state index is 0.204. The van der Waals surface area contributed by atoms with Gasteiger partial charge in [-0.1, -0.05) is 12.1 Å². The Labute approximate surface area is 106 Å². The molecule has 1 unspecified atom stereocenters. The molecule has 2 rings (SSSR count). The molecule has 1 amide bonds. The summed E-state index contributed by atoms with van der Waals surface area (Å²) in [5, 5.41) is 20.8. The van der Waals surface area contributed by atoms with Crippen LogP contribution in [0.25, 0.3) is 0 Å². The fourth-order valence-corrected chi connectivity index (χ4v) is 1.87. The number of carbonyl (C=O) groups excluding carboxylic acids is 1. The number of nitrogens with zero attached hydrogens (tertiary/aromatic N) is 1. The zero-order chi connectivity index (χ0) is 13.2. The summed E-state index contributed by atoms with van der Waals surface area (Å²) in [4.78, 5) is 11.7. The second kappa shape index (κ2) is 4.79. The van der Waals surface area contributed by atoms with E-state index in [1.807, 2.05) is 12.1 Å². The van der Waals surface area contributed by atoms with Gasteiger partial charge in [-0.15, -0.1) is 0 Å². The van der Waals surface area contributed by atoms with E-state index in [1.54, 1.807) is 19.1 Å². The molecular weight excluding hydrogens is 228 g/mol. The van der Waals surface area contributed by atoms with Gasteiger partial charge in [0.15, 0.2) is 0 Å². The third-order valence-electron chi connectivity index (χ3n) is 3.22. The van der Waals surface area contributed by atoms with E-state index < -0.39 is 6.10 Å². The number of amides is 1. The summed E-state index contributed by atoms with van der Waals surface area (Å²) in [5.74, 6) is -0.204. The highest BCUT2D eigenvalue weighted by atomic mass is 16.3. The highest BCUT2D eigenvalue weighted by molar-refractivity contribution is 5.94. The molecule has 2 N–H and O–H groups in total. The quantitative estimate of drug-likeness (QED) is 0.839. The van der Waals surface area contributed by atoms with Crippen molar-refractivity contribution in [2.75, 3.05) is 6.54 Å². The zero-order valence-electron chi connectivity index (χ0n) is 10.3. The van der Waals surface area contributed by atoms with Crippen LogP contribution in [0.15, 0.2) is 24.3 Å². The van der Waals surface area contributed by atoms with Gasteiger partial charge in [0.05, 0.1) is 17.6 Å². The maximum atomic E-state index is 11.7. The van der Waals surface area contributed by atoms with Crippen LogP contribution >= 0.6 is 0 Å². The SMILES string of the molecule is CC(O)CNC(=O)c1ccc(C2(C#N)CC2)cc1. The van der Waals surface area contributed by atoms with Gasteiger partial charge in [-0.3, -0.25) is 4.79 Å².